The number of carbonyl (C=O) groups is 1. The summed E-state index contributed by atoms with van der Waals surface area (Å²) in [6.45, 7) is 10.4. The molecule has 0 rings (SSSR count). The first-order valence-electron chi connectivity index (χ1n) is 4.45. The van der Waals surface area contributed by atoms with E-state index in [1.165, 1.54) is 0 Å². The van der Waals surface area contributed by atoms with E-state index in [-0.39, 0.29) is 11.4 Å². The normalized spacial score (nSPS) is 11.9. The fourth-order valence-corrected chi connectivity index (χ4v) is 0.775. The summed E-state index contributed by atoms with van der Waals surface area (Å²) in [5.74, 6) is 0.135. The van der Waals surface area contributed by atoms with E-state index in [1.807, 2.05) is 25.8 Å². The molecule has 0 aromatic heterocycles. The Morgan fingerprint density at radius 3 is 2.08 bits per heavy atom. The Morgan fingerprint density at radius 2 is 1.77 bits per heavy atom. The molecule has 0 aliphatic rings. The maximum atomic E-state index is 11.2. The number of rotatable bonds is 4. The van der Waals surface area contributed by atoms with Crippen molar-refractivity contribution < 1.29 is 4.79 Å². The standard InChI is InChI=1S/C10H20N2O/c1-10(2,3)12(6)8-7-9(13)11(4)5/h1H,7-8H2,2-6H3. The van der Waals surface area contributed by atoms with Gasteiger partial charge in [0.15, 0.2) is 0 Å². The Labute approximate surface area is 81.7 Å². The highest BCUT2D eigenvalue weighted by Crippen LogP contribution is 2.09. The van der Waals surface area contributed by atoms with Crippen LogP contribution >= 0.6 is 0 Å². The monoisotopic (exact) mass is 184 g/mol. The second-order valence-corrected chi connectivity index (χ2v) is 4.11. The molecule has 76 valence electrons. The molecule has 0 aromatic carbocycles. The predicted molar refractivity (Wildman–Crippen MR) is 54.3 cm³/mol. The lowest BCUT2D eigenvalue weighted by molar-refractivity contribution is -0.129. The van der Waals surface area contributed by atoms with Crippen molar-refractivity contribution in [3.8, 4) is 0 Å². The van der Waals surface area contributed by atoms with Gasteiger partial charge in [-0.05, 0) is 27.8 Å². The molecule has 13 heavy (non-hydrogen) atoms. The lowest BCUT2D eigenvalue weighted by atomic mass is 10.1. The fourth-order valence-electron chi connectivity index (χ4n) is 0.775. The van der Waals surface area contributed by atoms with Crippen molar-refractivity contribution in [2.24, 2.45) is 0 Å². The number of carbonyl (C=O) groups excluding carboxylic acids is 1. The van der Waals surface area contributed by atoms with E-state index in [1.54, 1.807) is 19.0 Å². The third kappa shape index (κ3) is 4.88. The van der Waals surface area contributed by atoms with E-state index in [0.717, 1.165) is 0 Å². The molecule has 3 nitrogen and oxygen atoms in total. The van der Waals surface area contributed by atoms with Gasteiger partial charge in [0.05, 0.1) is 0 Å². The van der Waals surface area contributed by atoms with Gasteiger partial charge in [0.25, 0.3) is 0 Å². The van der Waals surface area contributed by atoms with Crippen LogP contribution in [0.3, 0.4) is 0 Å². The minimum Gasteiger partial charge on any atom is -0.349 e. The van der Waals surface area contributed by atoms with Crippen molar-refractivity contribution in [3.63, 3.8) is 0 Å². The molecule has 0 N–H and O–H groups in total. The van der Waals surface area contributed by atoms with Crippen LogP contribution in [0, 0.1) is 6.92 Å². The van der Waals surface area contributed by atoms with Gasteiger partial charge in [-0.15, -0.1) is 0 Å². The van der Waals surface area contributed by atoms with Gasteiger partial charge in [-0.25, -0.2) is 0 Å². The molecular weight excluding hydrogens is 164 g/mol. The van der Waals surface area contributed by atoms with Crippen LogP contribution in [0.25, 0.3) is 0 Å². The average molecular weight is 184 g/mol. The molecule has 0 spiro atoms. The van der Waals surface area contributed by atoms with Crippen LogP contribution in [0.2, 0.25) is 0 Å². The highest BCUT2D eigenvalue weighted by molar-refractivity contribution is 5.75. The van der Waals surface area contributed by atoms with E-state index in [4.69, 9.17) is 6.92 Å². The van der Waals surface area contributed by atoms with Crippen LogP contribution in [0.15, 0.2) is 0 Å². The maximum absolute atomic E-state index is 11.2. The summed E-state index contributed by atoms with van der Waals surface area (Å²) < 4.78 is 0. The van der Waals surface area contributed by atoms with Gasteiger partial charge in [0, 0.05) is 32.6 Å². The molecule has 0 aliphatic heterocycles. The lowest BCUT2D eigenvalue weighted by Crippen LogP contribution is -2.40. The van der Waals surface area contributed by atoms with Gasteiger partial charge in [0.2, 0.25) is 5.91 Å². The Kier molecular flexibility index (Phi) is 4.40. The Bertz CT molecular complexity index is 170. The Balaban J connectivity index is 3.84. The minimum absolute atomic E-state index is 0.135. The summed E-state index contributed by atoms with van der Waals surface area (Å²) in [6, 6.07) is 0. The molecule has 0 fully saturated rings. The van der Waals surface area contributed by atoms with Crippen molar-refractivity contribution in [1.82, 2.24) is 9.80 Å². The van der Waals surface area contributed by atoms with Crippen LogP contribution in [0.4, 0.5) is 0 Å². The first-order chi connectivity index (χ1) is 5.75. The van der Waals surface area contributed by atoms with E-state index >= 15 is 0 Å². The lowest BCUT2D eigenvalue weighted by Gasteiger charge is -2.31. The van der Waals surface area contributed by atoms with Crippen LogP contribution in [0.5, 0.6) is 0 Å². The van der Waals surface area contributed by atoms with E-state index in [0.29, 0.717) is 13.0 Å². The topological polar surface area (TPSA) is 23.6 Å². The largest absolute Gasteiger partial charge is 0.349 e. The van der Waals surface area contributed by atoms with Crippen molar-refractivity contribution in [2.75, 3.05) is 27.7 Å². The summed E-state index contributed by atoms with van der Waals surface area (Å²) in [5, 5.41) is 0. The van der Waals surface area contributed by atoms with Crippen molar-refractivity contribution in [1.29, 1.82) is 0 Å². The number of hydrogen-bond acceptors (Lipinski definition) is 2. The van der Waals surface area contributed by atoms with Gasteiger partial charge in [-0.1, -0.05) is 0 Å². The molecule has 0 unspecified atom stereocenters. The molecule has 0 bridgehead atoms. The molecule has 0 heterocycles. The molecule has 3 heteroatoms. The Hall–Kier alpha value is -0.570. The molecule has 0 atom stereocenters. The van der Waals surface area contributed by atoms with Gasteiger partial charge < -0.3 is 9.80 Å². The molecule has 0 saturated carbocycles. The quantitative estimate of drug-likeness (QED) is 0.647. The first kappa shape index (κ1) is 12.4. The SMILES string of the molecule is [CH]C(C)(C)N(C)CCC(=O)N(C)C. The molecule has 2 radical (unpaired) electrons. The zero-order valence-electron chi connectivity index (χ0n) is 9.29. The van der Waals surface area contributed by atoms with Gasteiger partial charge >= 0.3 is 0 Å². The minimum atomic E-state index is -0.355. The molecule has 0 aliphatic carbocycles. The second kappa shape index (κ2) is 4.61. The van der Waals surface area contributed by atoms with E-state index < -0.39 is 0 Å². The third-order valence-corrected chi connectivity index (χ3v) is 2.14. The molecule has 0 saturated heterocycles. The van der Waals surface area contributed by atoms with Crippen LogP contribution in [-0.2, 0) is 4.79 Å². The van der Waals surface area contributed by atoms with Gasteiger partial charge in [-0.2, -0.15) is 0 Å². The molecule has 0 aromatic rings. The number of amides is 1. The smallest absolute Gasteiger partial charge is 0.223 e. The first-order valence-corrected chi connectivity index (χ1v) is 4.45. The average Bonchev–Trinajstić information content (AvgIpc) is 1.97. The van der Waals surface area contributed by atoms with Crippen LogP contribution in [0.1, 0.15) is 20.3 Å². The zero-order chi connectivity index (χ0) is 10.6. The van der Waals surface area contributed by atoms with Crippen molar-refractivity contribution in [3.05, 3.63) is 6.92 Å². The van der Waals surface area contributed by atoms with E-state index in [2.05, 4.69) is 0 Å². The highest BCUT2D eigenvalue weighted by Gasteiger charge is 2.17. The van der Waals surface area contributed by atoms with Crippen molar-refractivity contribution in [2.45, 2.75) is 25.8 Å². The molecule has 1 amide bonds. The summed E-state index contributed by atoms with van der Waals surface area (Å²) in [7, 11) is 5.44. The number of nitrogens with zero attached hydrogens (tertiary/aromatic N) is 2. The summed E-state index contributed by atoms with van der Waals surface area (Å²) in [5.41, 5.74) is -0.355. The van der Waals surface area contributed by atoms with Crippen molar-refractivity contribution >= 4 is 5.91 Å². The summed E-state index contributed by atoms with van der Waals surface area (Å²) in [4.78, 5) is 14.8. The van der Waals surface area contributed by atoms with Gasteiger partial charge in [0.1, 0.15) is 0 Å². The van der Waals surface area contributed by atoms with Gasteiger partial charge in [-0.3, -0.25) is 4.79 Å². The second-order valence-electron chi connectivity index (χ2n) is 4.11. The van der Waals surface area contributed by atoms with Crippen LogP contribution < -0.4 is 0 Å². The maximum Gasteiger partial charge on any atom is 0.223 e. The van der Waals surface area contributed by atoms with E-state index in [9.17, 15) is 4.79 Å². The highest BCUT2D eigenvalue weighted by atomic mass is 16.2. The Morgan fingerprint density at radius 1 is 1.31 bits per heavy atom. The number of hydrogen-bond donors (Lipinski definition) is 0. The van der Waals surface area contributed by atoms with Crippen LogP contribution in [-0.4, -0.2) is 48.9 Å². The fraction of sp³-hybridized carbons (Fsp3) is 0.800. The third-order valence-electron chi connectivity index (χ3n) is 2.14. The zero-order valence-corrected chi connectivity index (χ0v) is 9.29. The molecular formula is C10H20N2O. The summed E-state index contributed by atoms with van der Waals surface area (Å²) >= 11 is 0. The predicted octanol–water partition coefficient (Wildman–Crippen LogP) is 0.886. The summed E-state index contributed by atoms with van der Waals surface area (Å²) in [6.07, 6.45) is 0.518.